The Morgan fingerprint density at radius 3 is 2.48 bits per heavy atom. The Labute approximate surface area is 192 Å². The molecule has 0 fully saturated rings. The topological polar surface area (TPSA) is 108 Å². The van der Waals surface area contributed by atoms with Crippen LogP contribution >= 0.6 is 35.4 Å². The molecular weight excluding hydrogens is 461 g/mol. The largest absolute Gasteiger partial charge is 0.345 e. The van der Waals surface area contributed by atoms with Gasteiger partial charge in [-0.15, -0.1) is 0 Å². The van der Waals surface area contributed by atoms with Crippen LogP contribution < -0.4 is 16.0 Å². The zero-order valence-corrected chi connectivity index (χ0v) is 18.3. The number of nitrogens with zero attached hydrogens (tertiary/aromatic N) is 1. The van der Waals surface area contributed by atoms with Crippen LogP contribution in [0, 0.1) is 4.77 Å². The Morgan fingerprint density at radius 2 is 1.77 bits per heavy atom. The molecule has 0 aliphatic rings. The molecule has 0 radical (unpaired) electrons. The average Bonchev–Trinajstić information content (AvgIpc) is 3.16. The van der Waals surface area contributed by atoms with Crippen LogP contribution in [-0.4, -0.2) is 40.4 Å². The fourth-order valence-electron chi connectivity index (χ4n) is 2.63. The molecule has 160 valence electrons. The van der Waals surface area contributed by atoms with Gasteiger partial charge in [-0.3, -0.25) is 19.0 Å². The van der Waals surface area contributed by atoms with E-state index in [0.29, 0.717) is 15.5 Å². The molecule has 0 bridgehead atoms. The maximum Gasteiger partial charge on any atom is 0.253 e. The summed E-state index contributed by atoms with van der Waals surface area (Å²) in [5.74, 6) is -1.47. The van der Waals surface area contributed by atoms with E-state index in [4.69, 9.17) is 35.4 Å². The lowest BCUT2D eigenvalue weighted by molar-refractivity contribution is -0.123. The Kier molecular flexibility index (Phi) is 7.45. The van der Waals surface area contributed by atoms with Gasteiger partial charge < -0.3 is 20.9 Å². The smallest absolute Gasteiger partial charge is 0.253 e. The zero-order valence-electron chi connectivity index (χ0n) is 15.9. The van der Waals surface area contributed by atoms with Crippen LogP contribution in [0.25, 0.3) is 5.69 Å². The molecule has 0 saturated heterocycles. The normalized spacial score (nSPS) is 10.4. The highest BCUT2D eigenvalue weighted by Gasteiger charge is 2.13. The number of nitrogens with one attached hydrogen (secondary N) is 4. The number of hydrogen-bond donors (Lipinski definition) is 4. The van der Waals surface area contributed by atoms with E-state index in [1.807, 2.05) is 6.07 Å². The highest BCUT2D eigenvalue weighted by Crippen LogP contribution is 2.20. The first kappa shape index (κ1) is 22.5. The van der Waals surface area contributed by atoms with Crippen LogP contribution in [0.3, 0.4) is 0 Å². The number of halogens is 2. The van der Waals surface area contributed by atoms with Crippen molar-refractivity contribution in [2.45, 2.75) is 0 Å². The van der Waals surface area contributed by atoms with Crippen LogP contribution in [0.4, 0.5) is 5.69 Å². The third-order valence-electron chi connectivity index (χ3n) is 4.09. The number of imidazole rings is 1. The molecule has 3 rings (SSSR count). The molecule has 0 unspecified atom stereocenters. The van der Waals surface area contributed by atoms with Crippen molar-refractivity contribution in [2.75, 3.05) is 18.4 Å². The number of aromatic amines is 1. The summed E-state index contributed by atoms with van der Waals surface area (Å²) >= 11 is 16.9. The van der Waals surface area contributed by atoms with E-state index in [2.05, 4.69) is 20.9 Å². The Bertz CT molecular complexity index is 1190. The highest BCUT2D eigenvalue weighted by molar-refractivity contribution is 7.71. The van der Waals surface area contributed by atoms with Gasteiger partial charge in [0.25, 0.3) is 5.91 Å². The molecule has 0 aliphatic carbocycles. The van der Waals surface area contributed by atoms with Crippen molar-refractivity contribution in [1.29, 1.82) is 0 Å². The fraction of sp³-hybridized carbons (Fsp3) is 0.100. The first-order chi connectivity index (χ1) is 14.8. The van der Waals surface area contributed by atoms with Gasteiger partial charge in [0.1, 0.15) is 0 Å². The minimum atomic E-state index is -0.527. The summed E-state index contributed by atoms with van der Waals surface area (Å²) in [6.07, 6.45) is 3.48. The van der Waals surface area contributed by atoms with Crippen LogP contribution in [0.1, 0.15) is 10.4 Å². The Hall–Kier alpha value is -3.14. The molecule has 8 nitrogen and oxygen atoms in total. The van der Waals surface area contributed by atoms with Crippen molar-refractivity contribution < 1.29 is 14.4 Å². The van der Waals surface area contributed by atoms with Gasteiger partial charge >= 0.3 is 0 Å². The number of hydrogen-bond acceptors (Lipinski definition) is 4. The number of H-pyrrole nitrogens is 1. The molecule has 0 saturated carbocycles. The van der Waals surface area contributed by atoms with E-state index in [-0.39, 0.29) is 23.7 Å². The summed E-state index contributed by atoms with van der Waals surface area (Å²) < 4.78 is 2.28. The standard InChI is InChI=1S/C20H17Cl2N5O3S/c21-12-4-5-15(16(22)8-12)19(30)25-10-17(28)24-11-18(29)26-13-2-1-3-14(9-13)27-7-6-23-20(27)31/h1-9H,10-11H2,(H,23,31)(H,24,28)(H,25,30)(H,26,29). The number of anilines is 1. The second-order valence-corrected chi connectivity index (χ2v) is 7.55. The van der Waals surface area contributed by atoms with Crippen molar-refractivity contribution in [3.05, 3.63) is 75.2 Å². The first-order valence-corrected chi connectivity index (χ1v) is 10.2. The van der Waals surface area contributed by atoms with E-state index in [1.54, 1.807) is 35.2 Å². The van der Waals surface area contributed by atoms with Crippen molar-refractivity contribution >= 4 is 58.8 Å². The van der Waals surface area contributed by atoms with Crippen molar-refractivity contribution in [3.8, 4) is 5.69 Å². The number of rotatable bonds is 7. The average molecular weight is 478 g/mol. The molecule has 0 spiro atoms. The lowest BCUT2D eigenvalue weighted by atomic mass is 10.2. The number of benzene rings is 2. The van der Waals surface area contributed by atoms with E-state index in [9.17, 15) is 14.4 Å². The molecule has 1 aromatic heterocycles. The van der Waals surface area contributed by atoms with E-state index in [0.717, 1.165) is 5.69 Å². The van der Waals surface area contributed by atoms with Gasteiger partial charge in [-0.2, -0.15) is 0 Å². The molecule has 2 aromatic carbocycles. The molecule has 31 heavy (non-hydrogen) atoms. The summed E-state index contributed by atoms with van der Waals surface area (Å²) in [7, 11) is 0. The zero-order chi connectivity index (χ0) is 22.4. The van der Waals surface area contributed by atoms with E-state index < -0.39 is 17.7 Å². The van der Waals surface area contributed by atoms with E-state index in [1.165, 1.54) is 18.2 Å². The summed E-state index contributed by atoms with van der Waals surface area (Å²) in [6, 6.07) is 11.5. The first-order valence-electron chi connectivity index (χ1n) is 9.00. The lowest BCUT2D eigenvalue weighted by Crippen LogP contribution is -2.40. The molecule has 1 heterocycles. The summed E-state index contributed by atoms with van der Waals surface area (Å²) in [4.78, 5) is 39.1. The molecule has 0 aliphatic heterocycles. The molecule has 4 N–H and O–H groups in total. The van der Waals surface area contributed by atoms with Crippen molar-refractivity contribution in [3.63, 3.8) is 0 Å². The van der Waals surface area contributed by atoms with Crippen LogP contribution in [0.5, 0.6) is 0 Å². The Morgan fingerprint density at radius 1 is 1.00 bits per heavy atom. The second kappa shape index (κ2) is 10.3. The second-order valence-electron chi connectivity index (χ2n) is 6.32. The molecular formula is C20H17Cl2N5O3S. The fourth-order valence-corrected chi connectivity index (χ4v) is 3.36. The lowest BCUT2D eigenvalue weighted by Gasteiger charge is -2.10. The van der Waals surface area contributed by atoms with Crippen LogP contribution in [-0.2, 0) is 9.59 Å². The van der Waals surface area contributed by atoms with Crippen molar-refractivity contribution in [2.24, 2.45) is 0 Å². The maximum atomic E-state index is 12.1. The number of carbonyl (C=O) groups is 3. The third kappa shape index (κ3) is 6.17. The quantitative estimate of drug-likeness (QED) is 0.391. The molecule has 3 aromatic rings. The summed E-state index contributed by atoms with van der Waals surface area (Å²) in [6.45, 7) is -0.573. The monoisotopic (exact) mass is 477 g/mol. The minimum absolute atomic E-state index is 0.174. The van der Waals surface area contributed by atoms with Gasteiger partial charge in [0.2, 0.25) is 11.8 Å². The highest BCUT2D eigenvalue weighted by atomic mass is 35.5. The third-order valence-corrected chi connectivity index (χ3v) is 4.95. The summed E-state index contributed by atoms with van der Waals surface area (Å²) in [5, 5.41) is 8.14. The predicted octanol–water partition coefficient (Wildman–Crippen LogP) is 3.33. The number of amides is 3. The van der Waals surface area contributed by atoms with Gasteiger partial charge in [0.15, 0.2) is 4.77 Å². The maximum absolute atomic E-state index is 12.1. The van der Waals surface area contributed by atoms with Gasteiger partial charge in [-0.1, -0.05) is 29.3 Å². The number of aromatic nitrogens is 2. The number of carbonyl (C=O) groups excluding carboxylic acids is 3. The van der Waals surface area contributed by atoms with Gasteiger partial charge in [0.05, 0.1) is 23.7 Å². The van der Waals surface area contributed by atoms with Crippen LogP contribution in [0.15, 0.2) is 54.9 Å². The predicted molar refractivity (Wildman–Crippen MR) is 121 cm³/mol. The minimum Gasteiger partial charge on any atom is -0.345 e. The SMILES string of the molecule is O=C(CNC(=O)c1ccc(Cl)cc1Cl)NCC(=O)Nc1cccc(-n2cc[nH]c2=S)c1. The van der Waals surface area contributed by atoms with Crippen molar-refractivity contribution in [1.82, 2.24) is 20.2 Å². The van der Waals surface area contributed by atoms with Crippen LogP contribution in [0.2, 0.25) is 10.0 Å². The molecule has 0 atom stereocenters. The molecule has 3 amide bonds. The van der Waals surface area contributed by atoms with Gasteiger partial charge in [-0.25, -0.2) is 0 Å². The van der Waals surface area contributed by atoms with Gasteiger partial charge in [-0.05, 0) is 48.6 Å². The van der Waals surface area contributed by atoms with Gasteiger partial charge in [0, 0.05) is 28.8 Å². The summed E-state index contributed by atoms with van der Waals surface area (Å²) in [5.41, 5.74) is 1.52. The van der Waals surface area contributed by atoms with E-state index >= 15 is 0 Å². The Balaban J connectivity index is 1.47. The molecule has 11 heteroatoms.